The van der Waals surface area contributed by atoms with Crippen molar-refractivity contribution in [3.63, 3.8) is 0 Å². The summed E-state index contributed by atoms with van der Waals surface area (Å²) in [5.41, 5.74) is 3.35. The Kier molecular flexibility index (Phi) is 2.84. The third-order valence-corrected chi connectivity index (χ3v) is 3.92. The molecule has 0 amide bonds. The minimum atomic E-state index is -0.338. The SMILES string of the molecule is Fc1ccc2c(c1)nc(-c1nc(-c3cnccn3)n[nH]1)c1cccn12. The van der Waals surface area contributed by atoms with Crippen molar-refractivity contribution >= 4 is 16.6 Å². The van der Waals surface area contributed by atoms with Crippen LogP contribution in [-0.4, -0.2) is 34.5 Å². The lowest BCUT2D eigenvalue weighted by Gasteiger charge is -2.06. The number of benzene rings is 1. The van der Waals surface area contributed by atoms with Gasteiger partial charge in [-0.15, -0.1) is 0 Å². The molecule has 1 N–H and O–H groups in total. The zero-order valence-corrected chi connectivity index (χ0v) is 12.8. The molecule has 0 saturated heterocycles. The van der Waals surface area contributed by atoms with Gasteiger partial charge in [0.25, 0.3) is 0 Å². The number of aromatic amines is 1. The molecule has 5 rings (SSSR count). The predicted octanol–water partition coefficient (Wildman–Crippen LogP) is 2.87. The van der Waals surface area contributed by atoms with Crippen molar-refractivity contribution < 1.29 is 4.39 Å². The molecule has 0 aliphatic carbocycles. The molecule has 0 bridgehead atoms. The summed E-state index contributed by atoms with van der Waals surface area (Å²) in [5, 5.41) is 7.07. The van der Waals surface area contributed by atoms with Crippen LogP contribution in [0, 0.1) is 5.82 Å². The van der Waals surface area contributed by atoms with Crippen LogP contribution in [0.1, 0.15) is 0 Å². The first-order chi connectivity index (χ1) is 12.3. The van der Waals surface area contributed by atoms with Gasteiger partial charge in [0.1, 0.15) is 17.2 Å². The van der Waals surface area contributed by atoms with Gasteiger partial charge in [-0.1, -0.05) is 0 Å². The molecule has 8 heteroatoms. The molecule has 1 aromatic carbocycles. The van der Waals surface area contributed by atoms with Gasteiger partial charge in [-0.3, -0.25) is 10.1 Å². The molecule has 4 aromatic heterocycles. The van der Waals surface area contributed by atoms with Gasteiger partial charge >= 0.3 is 0 Å². The van der Waals surface area contributed by atoms with Gasteiger partial charge in [-0.2, -0.15) is 5.10 Å². The quantitative estimate of drug-likeness (QED) is 0.538. The summed E-state index contributed by atoms with van der Waals surface area (Å²) in [6, 6.07) is 8.36. The van der Waals surface area contributed by atoms with Crippen LogP contribution in [0.25, 0.3) is 39.6 Å². The summed E-state index contributed by atoms with van der Waals surface area (Å²) >= 11 is 0. The molecule has 120 valence electrons. The molecule has 0 aliphatic heterocycles. The van der Waals surface area contributed by atoms with Crippen LogP contribution in [0.2, 0.25) is 0 Å². The molecule has 0 fully saturated rings. The number of halogens is 1. The van der Waals surface area contributed by atoms with Crippen molar-refractivity contribution in [2.75, 3.05) is 0 Å². The van der Waals surface area contributed by atoms with Gasteiger partial charge in [0.15, 0.2) is 5.82 Å². The molecule has 0 unspecified atom stereocenters. The first kappa shape index (κ1) is 13.7. The summed E-state index contributed by atoms with van der Waals surface area (Å²) in [7, 11) is 0. The van der Waals surface area contributed by atoms with Crippen LogP contribution in [-0.2, 0) is 0 Å². The van der Waals surface area contributed by atoms with Crippen LogP contribution in [0.5, 0.6) is 0 Å². The summed E-state index contributed by atoms with van der Waals surface area (Å²) in [4.78, 5) is 17.3. The molecule has 25 heavy (non-hydrogen) atoms. The van der Waals surface area contributed by atoms with E-state index in [9.17, 15) is 4.39 Å². The molecule has 0 radical (unpaired) electrons. The second-order valence-electron chi connectivity index (χ2n) is 5.46. The van der Waals surface area contributed by atoms with Gasteiger partial charge in [0.05, 0.1) is 22.7 Å². The predicted molar refractivity (Wildman–Crippen MR) is 89.1 cm³/mol. The van der Waals surface area contributed by atoms with E-state index < -0.39 is 0 Å². The summed E-state index contributed by atoms with van der Waals surface area (Å²) in [5.74, 6) is 0.569. The molecular formula is C17H10FN7. The number of H-pyrrole nitrogens is 1. The van der Waals surface area contributed by atoms with Crippen molar-refractivity contribution in [1.82, 2.24) is 34.5 Å². The van der Waals surface area contributed by atoms with Crippen LogP contribution in [0.3, 0.4) is 0 Å². The van der Waals surface area contributed by atoms with E-state index in [0.29, 0.717) is 28.6 Å². The zero-order valence-electron chi connectivity index (χ0n) is 12.8. The molecule has 0 saturated carbocycles. The van der Waals surface area contributed by atoms with E-state index in [1.165, 1.54) is 12.1 Å². The molecule has 7 nitrogen and oxygen atoms in total. The van der Waals surface area contributed by atoms with E-state index in [4.69, 9.17) is 0 Å². The summed E-state index contributed by atoms with van der Waals surface area (Å²) in [6.07, 6.45) is 6.65. The minimum Gasteiger partial charge on any atom is -0.313 e. The van der Waals surface area contributed by atoms with Crippen molar-refractivity contribution in [2.24, 2.45) is 0 Å². The Bertz CT molecular complexity index is 1210. The van der Waals surface area contributed by atoms with E-state index in [0.717, 1.165) is 11.0 Å². The van der Waals surface area contributed by atoms with Gasteiger partial charge in [0, 0.05) is 24.7 Å². The van der Waals surface area contributed by atoms with Crippen LogP contribution in [0.15, 0.2) is 55.1 Å². The van der Waals surface area contributed by atoms with E-state index >= 15 is 0 Å². The first-order valence-electron chi connectivity index (χ1n) is 7.55. The average molecular weight is 331 g/mol. The first-order valence-corrected chi connectivity index (χ1v) is 7.55. The van der Waals surface area contributed by atoms with E-state index in [-0.39, 0.29) is 5.82 Å². The molecule has 0 aliphatic rings. The average Bonchev–Trinajstić information content (AvgIpc) is 3.31. The highest BCUT2D eigenvalue weighted by Gasteiger charge is 2.15. The topological polar surface area (TPSA) is 84.7 Å². The van der Waals surface area contributed by atoms with Gasteiger partial charge < -0.3 is 4.40 Å². The fourth-order valence-corrected chi connectivity index (χ4v) is 2.82. The fourth-order valence-electron chi connectivity index (χ4n) is 2.82. The van der Waals surface area contributed by atoms with Gasteiger partial charge in [-0.25, -0.2) is 19.3 Å². The number of aromatic nitrogens is 7. The monoisotopic (exact) mass is 331 g/mol. The highest BCUT2D eigenvalue weighted by Crippen LogP contribution is 2.26. The number of hydrogen-bond acceptors (Lipinski definition) is 5. The smallest absolute Gasteiger partial charge is 0.201 e. The fraction of sp³-hybridized carbons (Fsp3) is 0. The van der Waals surface area contributed by atoms with Crippen molar-refractivity contribution in [2.45, 2.75) is 0 Å². The normalized spacial score (nSPS) is 11.4. The van der Waals surface area contributed by atoms with Crippen LogP contribution in [0.4, 0.5) is 4.39 Å². The molecule has 0 spiro atoms. The third kappa shape index (κ3) is 2.15. The number of fused-ring (bicyclic) bond motifs is 3. The highest BCUT2D eigenvalue weighted by molar-refractivity contribution is 5.86. The number of hydrogen-bond donors (Lipinski definition) is 1. The highest BCUT2D eigenvalue weighted by atomic mass is 19.1. The van der Waals surface area contributed by atoms with Crippen molar-refractivity contribution in [1.29, 1.82) is 0 Å². The largest absolute Gasteiger partial charge is 0.313 e. The lowest BCUT2D eigenvalue weighted by atomic mass is 10.2. The molecule has 0 atom stereocenters. The van der Waals surface area contributed by atoms with E-state index in [1.807, 2.05) is 22.7 Å². The Morgan fingerprint density at radius 2 is 2.00 bits per heavy atom. The van der Waals surface area contributed by atoms with Crippen LogP contribution >= 0.6 is 0 Å². The molecular weight excluding hydrogens is 321 g/mol. The Morgan fingerprint density at radius 1 is 1.04 bits per heavy atom. The van der Waals surface area contributed by atoms with Crippen LogP contribution < -0.4 is 0 Å². The van der Waals surface area contributed by atoms with Gasteiger partial charge in [-0.05, 0) is 24.3 Å². The second kappa shape index (κ2) is 5.17. The Hall–Kier alpha value is -3.68. The Morgan fingerprint density at radius 3 is 2.88 bits per heavy atom. The Labute approximate surface area is 140 Å². The summed E-state index contributed by atoms with van der Waals surface area (Å²) < 4.78 is 15.6. The number of nitrogens with one attached hydrogen (secondary N) is 1. The minimum absolute atomic E-state index is 0.338. The second-order valence-corrected chi connectivity index (χ2v) is 5.46. The maximum Gasteiger partial charge on any atom is 0.201 e. The third-order valence-electron chi connectivity index (χ3n) is 3.92. The van der Waals surface area contributed by atoms with E-state index in [2.05, 4.69) is 30.1 Å². The van der Waals surface area contributed by atoms with Crippen molar-refractivity contribution in [3.8, 4) is 23.0 Å². The maximum atomic E-state index is 13.6. The van der Waals surface area contributed by atoms with Crippen molar-refractivity contribution in [3.05, 3.63) is 60.9 Å². The maximum absolute atomic E-state index is 13.6. The molecule has 4 heterocycles. The molecule has 5 aromatic rings. The standard InChI is InChI=1S/C17H10FN7/c18-10-3-4-13-11(8-10)21-15(14-2-1-7-25(13)14)17-22-16(23-24-17)12-9-19-5-6-20-12/h1-9H,(H,22,23,24). The lowest BCUT2D eigenvalue weighted by molar-refractivity contribution is 0.629. The number of nitrogens with zero attached hydrogens (tertiary/aromatic N) is 6. The number of rotatable bonds is 2. The van der Waals surface area contributed by atoms with E-state index in [1.54, 1.807) is 24.7 Å². The zero-order chi connectivity index (χ0) is 16.8. The lowest BCUT2D eigenvalue weighted by Crippen LogP contribution is -1.96. The Balaban J connectivity index is 1.74. The van der Waals surface area contributed by atoms with Gasteiger partial charge in [0.2, 0.25) is 5.82 Å². The summed E-state index contributed by atoms with van der Waals surface area (Å²) in [6.45, 7) is 0.